The molecule has 4 heteroatoms. The zero-order chi connectivity index (χ0) is 11.5. The number of benzene rings is 1. The van der Waals surface area contributed by atoms with Gasteiger partial charge >= 0.3 is 0 Å². The molecule has 1 aliphatic rings. The molecule has 0 aromatic heterocycles. The Hall–Kier alpha value is -0.670. The van der Waals surface area contributed by atoms with E-state index in [0.717, 1.165) is 19.1 Å². The van der Waals surface area contributed by atoms with Gasteiger partial charge in [-0.2, -0.15) is 0 Å². The van der Waals surface area contributed by atoms with Crippen molar-refractivity contribution in [1.82, 2.24) is 0 Å². The van der Waals surface area contributed by atoms with Gasteiger partial charge in [0.25, 0.3) is 0 Å². The normalized spacial score (nSPS) is 22.3. The van der Waals surface area contributed by atoms with Gasteiger partial charge in [0.15, 0.2) is 0 Å². The highest BCUT2D eigenvalue weighted by Crippen LogP contribution is 2.25. The molecule has 0 spiro atoms. The van der Waals surface area contributed by atoms with E-state index in [1.54, 1.807) is 0 Å². The summed E-state index contributed by atoms with van der Waals surface area (Å²) in [5.74, 6) is -0.813. The molecule has 1 aliphatic heterocycles. The van der Waals surface area contributed by atoms with Gasteiger partial charge in [-0.05, 0) is 24.5 Å². The molecule has 1 nitrogen and oxygen atoms in total. The van der Waals surface area contributed by atoms with E-state index in [2.05, 4.69) is 0 Å². The van der Waals surface area contributed by atoms with E-state index >= 15 is 0 Å². The van der Waals surface area contributed by atoms with Crippen molar-refractivity contribution in [1.29, 1.82) is 0 Å². The Morgan fingerprint density at radius 2 is 2.25 bits per heavy atom. The second kappa shape index (κ2) is 5.11. The van der Waals surface area contributed by atoms with Crippen molar-refractivity contribution in [3.8, 4) is 0 Å². The molecular weight excluding hydrogens is 234 g/mol. The van der Waals surface area contributed by atoms with Crippen molar-refractivity contribution >= 4 is 11.6 Å². The van der Waals surface area contributed by atoms with Crippen LogP contribution in [0, 0.1) is 17.6 Å². The molecule has 1 heterocycles. The van der Waals surface area contributed by atoms with Crippen LogP contribution in [0.3, 0.4) is 0 Å². The number of alkyl halides is 1. The van der Waals surface area contributed by atoms with Crippen molar-refractivity contribution in [2.75, 3.05) is 13.2 Å². The molecular formula is C12H13ClF2O. The fraction of sp³-hybridized carbons (Fsp3) is 0.500. The van der Waals surface area contributed by atoms with Crippen LogP contribution in [0.25, 0.3) is 0 Å². The first-order chi connectivity index (χ1) is 7.66. The number of halogens is 3. The highest BCUT2D eigenvalue weighted by Gasteiger charge is 2.24. The van der Waals surface area contributed by atoms with Crippen molar-refractivity contribution < 1.29 is 13.5 Å². The summed E-state index contributed by atoms with van der Waals surface area (Å²) in [5.41, 5.74) is 0.466. The highest BCUT2D eigenvalue weighted by atomic mass is 35.5. The van der Waals surface area contributed by atoms with Gasteiger partial charge in [-0.1, -0.05) is 6.07 Å². The van der Waals surface area contributed by atoms with Gasteiger partial charge in [0.2, 0.25) is 0 Å². The summed E-state index contributed by atoms with van der Waals surface area (Å²) >= 11 is 6.19. The zero-order valence-electron chi connectivity index (χ0n) is 8.76. The summed E-state index contributed by atoms with van der Waals surface area (Å²) in [6.45, 7) is 1.36. The topological polar surface area (TPSA) is 9.23 Å². The van der Waals surface area contributed by atoms with E-state index in [1.165, 1.54) is 12.1 Å². The molecule has 1 fully saturated rings. The first kappa shape index (κ1) is 11.8. The SMILES string of the molecule is Fc1ccc(CC(Cl)C2CCOC2)c(F)c1. The smallest absolute Gasteiger partial charge is 0.129 e. The molecule has 2 rings (SSSR count). The van der Waals surface area contributed by atoms with Gasteiger partial charge in [-0.25, -0.2) is 8.78 Å². The molecule has 16 heavy (non-hydrogen) atoms. The minimum atomic E-state index is -0.559. The Kier molecular flexibility index (Phi) is 3.77. The maximum absolute atomic E-state index is 13.4. The third-order valence-corrected chi connectivity index (χ3v) is 3.42. The lowest BCUT2D eigenvalue weighted by Gasteiger charge is -2.15. The second-order valence-corrected chi connectivity index (χ2v) is 4.64. The van der Waals surface area contributed by atoms with Crippen molar-refractivity contribution in [3.05, 3.63) is 35.4 Å². The van der Waals surface area contributed by atoms with Gasteiger partial charge in [0, 0.05) is 24.0 Å². The van der Waals surface area contributed by atoms with Gasteiger partial charge < -0.3 is 4.74 Å². The molecule has 0 amide bonds. The van der Waals surface area contributed by atoms with Crippen LogP contribution >= 0.6 is 11.6 Å². The lowest BCUT2D eigenvalue weighted by atomic mass is 9.98. The summed E-state index contributed by atoms with van der Waals surface area (Å²) in [5, 5.41) is -0.150. The molecule has 0 aliphatic carbocycles. The third kappa shape index (κ3) is 2.71. The fourth-order valence-electron chi connectivity index (χ4n) is 1.90. The fourth-order valence-corrected chi connectivity index (χ4v) is 2.27. The Morgan fingerprint density at radius 1 is 1.44 bits per heavy atom. The molecule has 1 aromatic rings. The summed E-state index contributed by atoms with van der Waals surface area (Å²) in [6, 6.07) is 3.60. The van der Waals surface area contributed by atoms with Crippen LogP contribution in [0.1, 0.15) is 12.0 Å². The van der Waals surface area contributed by atoms with Crippen LogP contribution in [0.4, 0.5) is 8.78 Å². The van der Waals surface area contributed by atoms with Gasteiger partial charge in [0.1, 0.15) is 11.6 Å². The Morgan fingerprint density at radius 3 is 2.88 bits per heavy atom. The minimum absolute atomic E-state index is 0.150. The average Bonchev–Trinajstić information content (AvgIpc) is 2.75. The van der Waals surface area contributed by atoms with Crippen LogP contribution in [0.2, 0.25) is 0 Å². The third-order valence-electron chi connectivity index (χ3n) is 2.91. The molecule has 0 saturated carbocycles. The second-order valence-electron chi connectivity index (χ2n) is 4.08. The predicted molar refractivity (Wildman–Crippen MR) is 58.6 cm³/mol. The summed E-state index contributed by atoms with van der Waals surface area (Å²) < 4.78 is 31.3. The van der Waals surface area contributed by atoms with E-state index in [-0.39, 0.29) is 11.3 Å². The Labute approximate surface area is 98.4 Å². The zero-order valence-corrected chi connectivity index (χ0v) is 9.51. The molecule has 1 aromatic carbocycles. The van der Waals surface area contributed by atoms with Crippen LogP contribution < -0.4 is 0 Å². The molecule has 0 bridgehead atoms. The van der Waals surface area contributed by atoms with E-state index in [4.69, 9.17) is 16.3 Å². The van der Waals surface area contributed by atoms with E-state index in [0.29, 0.717) is 18.6 Å². The predicted octanol–water partition coefficient (Wildman–Crippen LogP) is 3.15. The lowest BCUT2D eigenvalue weighted by molar-refractivity contribution is 0.185. The van der Waals surface area contributed by atoms with Crippen LogP contribution in [-0.4, -0.2) is 18.6 Å². The van der Waals surface area contributed by atoms with Gasteiger partial charge in [-0.3, -0.25) is 0 Å². The number of ether oxygens (including phenoxy) is 1. The number of rotatable bonds is 3. The van der Waals surface area contributed by atoms with E-state index < -0.39 is 11.6 Å². The maximum atomic E-state index is 13.4. The van der Waals surface area contributed by atoms with Gasteiger partial charge in [0.05, 0.1) is 6.61 Å². The van der Waals surface area contributed by atoms with Crippen molar-refractivity contribution in [3.63, 3.8) is 0 Å². The minimum Gasteiger partial charge on any atom is -0.381 e. The first-order valence-electron chi connectivity index (χ1n) is 5.32. The number of hydrogen-bond acceptors (Lipinski definition) is 1. The van der Waals surface area contributed by atoms with E-state index in [9.17, 15) is 8.78 Å². The standard InChI is InChI=1S/C12H13ClF2O/c13-11(9-3-4-16-7-9)5-8-1-2-10(14)6-12(8)15/h1-2,6,9,11H,3-5,7H2. The highest BCUT2D eigenvalue weighted by molar-refractivity contribution is 6.20. The van der Waals surface area contributed by atoms with Gasteiger partial charge in [-0.15, -0.1) is 11.6 Å². The Balaban J connectivity index is 2.02. The lowest BCUT2D eigenvalue weighted by Crippen LogP contribution is -2.18. The number of hydrogen-bond donors (Lipinski definition) is 0. The molecule has 2 unspecified atom stereocenters. The Bertz CT molecular complexity index is 364. The maximum Gasteiger partial charge on any atom is 0.129 e. The molecule has 2 atom stereocenters. The summed E-state index contributed by atoms with van der Waals surface area (Å²) in [7, 11) is 0. The summed E-state index contributed by atoms with van der Waals surface area (Å²) in [4.78, 5) is 0. The van der Waals surface area contributed by atoms with Crippen LogP contribution in [0.15, 0.2) is 18.2 Å². The van der Waals surface area contributed by atoms with Crippen molar-refractivity contribution in [2.24, 2.45) is 5.92 Å². The molecule has 0 N–H and O–H groups in total. The first-order valence-corrected chi connectivity index (χ1v) is 5.76. The summed E-state index contributed by atoms with van der Waals surface area (Å²) in [6.07, 6.45) is 1.33. The van der Waals surface area contributed by atoms with E-state index in [1.807, 2.05) is 0 Å². The average molecular weight is 247 g/mol. The largest absolute Gasteiger partial charge is 0.381 e. The molecule has 88 valence electrons. The van der Waals surface area contributed by atoms with Crippen LogP contribution in [0.5, 0.6) is 0 Å². The molecule has 0 radical (unpaired) electrons. The quantitative estimate of drug-likeness (QED) is 0.745. The molecule has 1 saturated heterocycles. The van der Waals surface area contributed by atoms with Crippen molar-refractivity contribution in [2.45, 2.75) is 18.2 Å². The van der Waals surface area contributed by atoms with Crippen LogP contribution in [-0.2, 0) is 11.2 Å². The monoisotopic (exact) mass is 246 g/mol.